The van der Waals surface area contributed by atoms with Gasteiger partial charge in [0.15, 0.2) is 0 Å². The zero-order chi connectivity index (χ0) is 12.8. The van der Waals surface area contributed by atoms with E-state index in [4.69, 9.17) is 0 Å². The lowest BCUT2D eigenvalue weighted by Crippen LogP contribution is -2.41. The molecule has 3 nitrogen and oxygen atoms in total. The van der Waals surface area contributed by atoms with E-state index in [2.05, 4.69) is 39.1 Å². The Labute approximate surface area is 105 Å². The Balaban J connectivity index is 2.39. The van der Waals surface area contributed by atoms with Gasteiger partial charge < -0.3 is 10.2 Å². The third-order valence-electron chi connectivity index (χ3n) is 2.66. The number of hydrogen-bond acceptors (Lipinski definition) is 1. The summed E-state index contributed by atoms with van der Waals surface area (Å²) in [7, 11) is 0. The highest BCUT2D eigenvalue weighted by molar-refractivity contribution is 5.75. The first-order chi connectivity index (χ1) is 7.99. The number of carbonyl (C=O) groups excluding carboxylic acids is 1. The third-order valence-corrected chi connectivity index (χ3v) is 2.66. The number of nitrogens with one attached hydrogen (secondary N) is 1. The maximum Gasteiger partial charge on any atom is 0.321 e. The molecule has 0 aromatic rings. The van der Waals surface area contributed by atoms with Crippen molar-refractivity contribution in [2.75, 3.05) is 13.1 Å². The number of allylic oxidation sites excluding steroid dienone is 1. The fourth-order valence-electron chi connectivity index (χ4n) is 1.76. The fourth-order valence-corrected chi connectivity index (χ4v) is 1.76. The largest absolute Gasteiger partial charge is 0.324 e. The second kappa shape index (κ2) is 6.67. The molecule has 3 heteroatoms. The Kier molecular flexibility index (Phi) is 5.52. The minimum atomic E-state index is 0.0318. The molecule has 0 radical (unpaired) electrons. The van der Waals surface area contributed by atoms with Gasteiger partial charge in [-0.1, -0.05) is 33.8 Å². The van der Waals surface area contributed by atoms with Gasteiger partial charge in [-0.25, -0.2) is 4.79 Å². The maximum absolute atomic E-state index is 12.0. The van der Waals surface area contributed by atoms with Crippen LogP contribution in [0.3, 0.4) is 0 Å². The second-order valence-electron chi connectivity index (χ2n) is 5.84. The summed E-state index contributed by atoms with van der Waals surface area (Å²) in [6.07, 6.45) is 6.45. The summed E-state index contributed by atoms with van der Waals surface area (Å²) < 4.78 is 0. The molecular weight excluding hydrogens is 212 g/mol. The van der Waals surface area contributed by atoms with Gasteiger partial charge in [-0.3, -0.25) is 0 Å². The monoisotopic (exact) mass is 238 g/mol. The molecule has 0 aromatic carbocycles. The van der Waals surface area contributed by atoms with Crippen molar-refractivity contribution in [3.63, 3.8) is 0 Å². The molecule has 1 aliphatic rings. The number of rotatable bonds is 6. The van der Waals surface area contributed by atoms with Crippen molar-refractivity contribution in [3.05, 3.63) is 12.3 Å². The number of carbonyl (C=O) groups is 1. The Morgan fingerprint density at radius 1 is 1.24 bits per heavy atom. The average molecular weight is 238 g/mol. The third kappa shape index (κ3) is 6.35. The normalized spacial score (nSPS) is 15.9. The Morgan fingerprint density at radius 2 is 1.76 bits per heavy atom. The molecule has 98 valence electrons. The van der Waals surface area contributed by atoms with Gasteiger partial charge in [0.05, 0.1) is 0 Å². The lowest BCUT2D eigenvalue weighted by atomic mass is 10.1. The molecule has 1 aliphatic carbocycles. The van der Waals surface area contributed by atoms with Crippen LogP contribution >= 0.6 is 0 Å². The molecule has 1 saturated carbocycles. The van der Waals surface area contributed by atoms with E-state index in [1.165, 1.54) is 12.8 Å². The van der Waals surface area contributed by atoms with E-state index < -0.39 is 0 Å². The predicted molar refractivity (Wildman–Crippen MR) is 71.6 cm³/mol. The van der Waals surface area contributed by atoms with E-state index in [0.717, 1.165) is 13.1 Å². The van der Waals surface area contributed by atoms with Crippen molar-refractivity contribution in [3.8, 4) is 0 Å². The zero-order valence-electron chi connectivity index (χ0n) is 11.6. The quantitative estimate of drug-likeness (QED) is 0.757. The molecular formula is C14H26N2O. The topological polar surface area (TPSA) is 32.3 Å². The first-order valence-corrected chi connectivity index (χ1v) is 6.71. The summed E-state index contributed by atoms with van der Waals surface area (Å²) in [6.45, 7) is 10.2. The van der Waals surface area contributed by atoms with Crippen LogP contribution in [0.5, 0.6) is 0 Å². The van der Waals surface area contributed by atoms with Gasteiger partial charge in [0.1, 0.15) is 0 Å². The van der Waals surface area contributed by atoms with Gasteiger partial charge in [0.25, 0.3) is 0 Å². The first-order valence-electron chi connectivity index (χ1n) is 6.71. The van der Waals surface area contributed by atoms with Crippen LogP contribution in [-0.2, 0) is 0 Å². The van der Waals surface area contributed by atoms with E-state index >= 15 is 0 Å². The number of nitrogens with zero attached hydrogens (tertiary/aromatic N) is 1. The zero-order valence-corrected chi connectivity index (χ0v) is 11.6. The summed E-state index contributed by atoms with van der Waals surface area (Å²) in [5.74, 6) is 1.72. The predicted octanol–water partition coefficient (Wildman–Crippen LogP) is 3.23. The molecule has 0 unspecified atom stereocenters. The summed E-state index contributed by atoms with van der Waals surface area (Å²) in [6, 6.07) is 0.0318. The summed E-state index contributed by atoms with van der Waals surface area (Å²) in [4.78, 5) is 13.9. The minimum Gasteiger partial charge on any atom is -0.324 e. The number of urea groups is 1. The van der Waals surface area contributed by atoms with Crippen LogP contribution in [-0.4, -0.2) is 24.0 Å². The van der Waals surface area contributed by atoms with E-state index in [1.54, 1.807) is 0 Å². The van der Waals surface area contributed by atoms with Crippen molar-refractivity contribution < 1.29 is 4.79 Å². The van der Waals surface area contributed by atoms with E-state index in [9.17, 15) is 4.79 Å². The van der Waals surface area contributed by atoms with Gasteiger partial charge in [0.2, 0.25) is 0 Å². The van der Waals surface area contributed by atoms with Gasteiger partial charge in [-0.15, -0.1) is 0 Å². The SMILES string of the molecule is CC(C)CN(CC(C)C)C(=O)N/C=C/C1CC1. The molecule has 1 fully saturated rings. The molecule has 0 bridgehead atoms. The van der Waals surface area contributed by atoms with Crippen LogP contribution in [0, 0.1) is 17.8 Å². The number of amides is 2. The molecule has 0 spiro atoms. The molecule has 0 saturated heterocycles. The van der Waals surface area contributed by atoms with Crippen LogP contribution < -0.4 is 5.32 Å². The first kappa shape index (κ1) is 14.1. The smallest absolute Gasteiger partial charge is 0.321 e. The van der Waals surface area contributed by atoms with Gasteiger partial charge in [0, 0.05) is 19.3 Å². The average Bonchev–Trinajstić information content (AvgIpc) is 2.99. The van der Waals surface area contributed by atoms with Crippen molar-refractivity contribution in [2.24, 2.45) is 17.8 Å². The summed E-state index contributed by atoms with van der Waals surface area (Å²) in [5.41, 5.74) is 0. The lowest BCUT2D eigenvalue weighted by molar-refractivity contribution is 0.187. The molecule has 0 heterocycles. The second-order valence-corrected chi connectivity index (χ2v) is 5.84. The van der Waals surface area contributed by atoms with Crippen molar-refractivity contribution in [2.45, 2.75) is 40.5 Å². The van der Waals surface area contributed by atoms with Gasteiger partial charge >= 0.3 is 6.03 Å². The highest BCUT2D eigenvalue weighted by Gasteiger charge is 2.18. The fraction of sp³-hybridized carbons (Fsp3) is 0.786. The summed E-state index contributed by atoms with van der Waals surface area (Å²) >= 11 is 0. The Hall–Kier alpha value is -0.990. The van der Waals surface area contributed by atoms with Crippen molar-refractivity contribution in [1.29, 1.82) is 0 Å². The van der Waals surface area contributed by atoms with Crippen LogP contribution in [0.25, 0.3) is 0 Å². The molecule has 17 heavy (non-hydrogen) atoms. The summed E-state index contributed by atoms with van der Waals surface area (Å²) in [5, 5.41) is 2.87. The van der Waals surface area contributed by atoms with Gasteiger partial charge in [-0.2, -0.15) is 0 Å². The Bertz CT molecular complexity index is 257. The minimum absolute atomic E-state index is 0.0318. The van der Waals surface area contributed by atoms with E-state index in [0.29, 0.717) is 17.8 Å². The van der Waals surface area contributed by atoms with Crippen LogP contribution in [0.1, 0.15) is 40.5 Å². The Morgan fingerprint density at radius 3 is 2.18 bits per heavy atom. The lowest BCUT2D eigenvalue weighted by Gasteiger charge is -2.25. The van der Waals surface area contributed by atoms with Crippen molar-refractivity contribution in [1.82, 2.24) is 10.2 Å². The highest BCUT2D eigenvalue weighted by atomic mass is 16.2. The van der Waals surface area contributed by atoms with E-state index in [-0.39, 0.29) is 6.03 Å². The van der Waals surface area contributed by atoms with E-state index in [1.807, 2.05) is 11.1 Å². The van der Waals surface area contributed by atoms with Crippen molar-refractivity contribution >= 4 is 6.03 Å². The number of hydrogen-bond donors (Lipinski definition) is 1. The molecule has 0 aliphatic heterocycles. The molecule has 1 rings (SSSR count). The van der Waals surface area contributed by atoms with Crippen LogP contribution in [0.2, 0.25) is 0 Å². The van der Waals surface area contributed by atoms with Gasteiger partial charge in [-0.05, 0) is 30.6 Å². The molecule has 0 atom stereocenters. The molecule has 2 amide bonds. The molecule has 0 aromatic heterocycles. The molecule has 1 N–H and O–H groups in total. The standard InChI is InChI=1S/C14H26N2O/c1-11(2)9-16(10-12(3)4)14(17)15-8-7-13-5-6-13/h7-8,11-13H,5-6,9-10H2,1-4H3,(H,15,17)/b8-7+. The van der Waals surface area contributed by atoms with Crippen LogP contribution in [0.15, 0.2) is 12.3 Å². The highest BCUT2D eigenvalue weighted by Crippen LogP contribution is 2.29. The maximum atomic E-state index is 12.0. The van der Waals surface area contributed by atoms with Crippen LogP contribution in [0.4, 0.5) is 4.79 Å².